The number of pyridine rings is 1. The average Bonchev–Trinajstić information content (AvgIpc) is 3.36. The van der Waals surface area contributed by atoms with Crippen LogP contribution in [-0.4, -0.2) is 66.2 Å². The summed E-state index contributed by atoms with van der Waals surface area (Å²) in [4.78, 5) is 31.7. The maximum atomic E-state index is 11.6. The van der Waals surface area contributed by atoms with Gasteiger partial charge in [-0.2, -0.15) is 0 Å². The fourth-order valence-corrected chi connectivity index (χ4v) is 5.24. The van der Waals surface area contributed by atoms with Crippen LogP contribution in [0.1, 0.15) is 6.42 Å². The number of thiophene rings is 1. The highest BCUT2D eigenvalue weighted by Gasteiger charge is 2.19. The molecule has 180 valence electrons. The van der Waals surface area contributed by atoms with Crippen molar-refractivity contribution < 1.29 is 19.4 Å². The highest BCUT2D eigenvalue weighted by Crippen LogP contribution is 2.31. The van der Waals surface area contributed by atoms with Gasteiger partial charge in [-0.25, -0.2) is 9.78 Å². The lowest BCUT2D eigenvalue weighted by atomic mass is 10.2. The third kappa shape index (κ3) is 5.21. The Kier molecular flexibility index (Phi) is 6.78. The van der Waals surface area contributed by atoms with Gasteiger partial charge >= 0.3 is 11.9 Å². The number of benzene rings is 2. The number of carboxylic acids is 1. The molecule has 2 N–H and O–H groups in total. The van der Waals surface area contributed by atoms with Crippen molar-refractivity contribution >= 4 is 55.7 Å². The molecule has 1 fully saturated rings. The molecule has 4 aromatic rings. The fraction of sp³-hybridized carbons (Fsp3) is 0.269. The van der Waals surface area contributed by atoms with Crippen molar-refractivity contribution in [3.8, 4) is 5.75 Å². The Hall–Kier alpha value is -3.69. The minimum Gasteiger partial charge on any atom is -0.493 e. The number of fused-ring (bicyclic) bond motifs is 2. The van der Waals surface area contributed by atoms with Crippen molar-refractivity contribution in [1.29, 1.82) is 0 Å². The van der Waals surface area contributed by atoms with Gasteiger partial charge in [-0.3, -0.25) is 9.69 Å². The van der Waals surface area contributed by atoms with Gasteiger partial charge in [0.25, 0.3) is 0 Å². The summed E-state index contributed by atoms with van der Waals surface area (Å²) in [5.74, 6) is -1.96. The maximum Gasteiger partial charge on any atom is 0.394 e. The molecule has 0 aliphatic carbocycles. The molecule has 35 heavy (non-hydrogen) atoms. The average molecular weight is 491 g/mol. The Morgan fingerprint density at radius 1 is 1.03 bits per heavy atom. The second-order valence-corrected chi connectivity index (χ2v) is 9.37. The van der Waals surface area contributed by atoms with Crippen LogP contribution in [0.3, 0.4) is 0 Å². The van der Waals surface area contributed by atoms with Crippen LogP contribution in [0.5, 0.6) is 5.75 Å². The second-order valence-electron chi connectivity index (χ2n) is 8.42. The van der Waals surface area contributed by atoms with Crippen molar-refractivity contribution in [1.82, 2.24) is 9.88 Å². The molecule has 0 atom stereocenters. The molecule has 0 radical (unpaired) electrons. The molecule has 0 spiro atoms. The second kappa shape index (κ2) is 10.3. The zero-order valence-electron chi connectivity index (χ0n) is 19.1. The topological polar surface area (TPSA) is 95.0 Å². The van der Waals surface area contributed by atoms with Crippen LogP contribution in [0, 0.1) is 0 Å². The summed E-state index contributed by atoms with van der Waals surface area (Å²) in [6, 6.07) is 17.7. The molecule has 1 amide bonds. The molecule has 2 aromatic heterocycles. The number of nitrogens with one attached hydrogen (secondary N) is 1. The number of ether oxygens (including phenoxy) is 1. The molecule has 0 saturated carbocycles. The Balaban J connectivity index is 1.15. The molecule has 5 rings (SSSR count). The SMILES string of the molecule is O=C(O)C(=O)Nc1cc(OCCCN2CCN(c3cccc4sccc34)CC2)c2ccccc2n1. The zero-order valence-corrected chi connectivity index (χ0v) is 20.0. The quantitative estimate of drug-likeness (QED) is 0.298. The van der Waals surface area contributed by atoms with Gasteiger partial charge in [0.05, 0.1) is 12.1 Å². The number of nitrogens with zero attached hydrogens (tertiary/aromatic N) is 3. The normalized spacial score (nSPS) is 14.3. The van der Waals surface area contributed by atoms with E-state index in [1.165, 1.54) is 15.8 Å². The van der Waals surface area contributed by atoms with E-state index >= 15 is 0 Å². The number of anilines is 2. The van der Waals surface area contributed by atoms with E-state index in [0.717, 1.165) is 44.5 Å². The van der Waals surface area contributed by atoms with E-state index in [1.807, 2.05) is 18.2 Å². The lowest BCUT2D eigenvalue weighted by Crippen LogP contribution is -2.46. The Morgan fingerprint density at radius 3 is 2.69 bits per heavy atom. The lowest BCUT2D eigenvalue weighted by Gasteiger charge is -2.36. The number of carbonyl (C=O) groups is 2. The minimum absolute atomic E-state index is 0.155. The number of rotatable bonds is 7. The largest absolute Gasteiger partial charge is 0.493 e. The standard InChI is InChI=1S/C26H26N4O4S/c31-25(26(32)33)28-24-17-22(18-5-1-2-6-20(18)27-24)34-15-4-10-29-11-13-30(14-12-29)21-7-3-8-23-19(21)9-16-35-23/h1-3,5-9,16-17H,4,10-15H2,(H,32,33)(H,27,28,31). The van der Waals surface area contributed by atoms with E-state index in [4.69, 9.17) is 9.84 Å². The van der Waals surface area contributed by atoms with Crippen LogP contribution in [-0.2, 0) is 9.59 Å². The highest BCUT2D eigenvalue weighted by molar-refractivity contribution is 7.17. The van der Waals surface area contributed by atoms with Gasteiger partial charge in [-0.05, 0) is 42.1 Å². The first-order valence-corrected chi connectivity index (χ1v) is 12.5. The third-order valence-corrected chi connectivity index (χ3v) is 7.06. The first-order chi connectivity index (χ1) is 17.1. The predicted molar refractivity (Wildman–Crippen MR) is 139 cm³/mol. The van der Waals surface area contributed by atoms with Crippen LogP contribution in [0.2, 0.25) is 0 Å². The summed E-state index contributed by atoms with van der Waals surface area (Å²) >= 11 is 1.78. The number of para-hydroxylation sites is 1. The summed E-state index contributed by atoms with van der Waals surface area (Å²) < 4.78 is 7.38. The monoisotopic (exact) mass is 490 g/mol. The van der Waals surface area contributed by atoms with Crippen molar-refractivity contribution in [3.05, 3.63) is 60.0 Å². The van der Waals surface area contributed by atoms with E-state index in [2.05, 4.69) is 49.7 Å². The van der Waals surface area contributed by atoms with Crippen molar-refractivity contribution in [2.75, 3.05) is 49.5 Å². The molecule has 1 saturated heterocycles. The first-order valence-electron chi connectivity index (χ1n) is 11.6. The number of aromatic nitrogens is 1. The van der Waals surface area contributed by atoms with Gasteiger partial charge in [0.15, 0.2) is 0 Å². The smallest absolute Gasteiger partial charge is 0.394 e. The molecule has 9 heteroatoms. The van der Waals surface area contributed by atoms with Crippen LogP contribution in [0.4, 0.5) is 11.5 Å². The molecule has 0 bridgehead atoms. The number of piperazine rings is 1. The van der Waals surface area contributed by atoms with Gasteiger partial charge in [0.2, 0.25) is 0 Å². The number of amides is 1. The molecule has 1 aliphatic heterocycles. The van der Waals surface area contributed by atoms with E-state index in [-0.39, 0.29) is 5.82 Å². The number of carboxylic acid groups (broad SMARTS) is 1. The van der Waals surface area contributed by atoms with E-state index < -0.39 is 11.9 Å². The molecule has 2 aromatic carbocycles. The van der Waals surface area contributed by atoms with Crippen molar-refractivity contribution in [2.24, 2.45) is 0 Å². The molecular weight excluding hydrogens is 464 g/mol. The summed E-state index contributed by atoms with van der Waals surface area (Å²) in [5, 5.41) is 15.5. The van der Waals surface area contributed by atoms with Crippen LogP contribution in [0.15, 0.2) is 60.0 Å². The van der Waals surface area contributed by atoms with E-state index in [0.29, 0.717) is 17.9 Å². The van der Waals surface area contributed by atoms with Gasteiger partial charge in [-0.15, -0.1) is 11.3 Å². The van der Waals surface area contributed by atoms with Gasteiger partial charge in [0.1, 0.15) is 11.6 Å². The Labute approximate surface area is 206 Å². The summed E-state index contributed by atoms with van der Waals surface area (Å²) in [5.41, 5.74) is 1.95. The van der Waals surface area contributed by atoms with Gasteiger partial charge in [-0.1, -0.05) is 18.2 Å². The van der Waals surface area contributed by atoms with E-state index in [1.54, 1.807) is 23.5 Å². The lowest BCUT2D eigenvalue weighted by molar-refractivity contribution is -0.147. The number of hydrogen-bond donors (Lipinski definition) is 2. The fourth-order valence-electron chi connectivity index (χ4n) is 4.43. The summed E-state index contributed by atoms with van der Waals surface area (Å²) in [7, 11) is 0. The van der Waals surface area contributed by atoms with Crippen LogP contribution in [0.25, 0.3) is 21.0 Å². The van der Waals surface area contributed by atoms with E-state index in [9.17, 15) is 9.59 Å². The number of aliphatic carboxylic acids is 1. The maximum absolute atomic E-state index is 11.6. The highest BCUT2D eigenvalue weighted by atomic mass is 32.1. The summed E-state index contributed by atoms with van der Waals surface area (Å²) in [6.07, 6.45) is 0.855. The molecular formula is C26H26N4O4S. The summed E-state index contributed by atoms with van der Waals surface area (Å²) in [6.45, 7) is 5.44. The van der Waals surface area contributed by atoms with Crippen LogP contribution < -0.4 is 15.0 Å². The molecule has 3 heterocycles. The Morgan fingerprint density at radius 2 is 1.86 bits per heavy atom. The molecule has 0 unspecified atom stereocenters. The van der Waals surface area contributed by atoms with Crippen molar-refractivity contribution in [2.45, 2.75) is 6.42 Å². The van der Waals surface area contributed by atoms with Crippen LogP contribution >= 0.6 is 11.3 Å². The third-order valence-electron chi connectivity index (χ3n) is 6.18. The number of hydrogen-bond acceptors (Lipinski definition) is 7. The molecule has 1 aliphatic rings. The molecule has 8 nitrogen and oxygen atoms in total. The van der Waals surface area contributed by atoms with Gasteiger partial charge < -0.3 is 20.1 Å². The Bertz CT molecular complexity index is 1360. The number of carbonyl (C=O) groups excluding carboxylic acids is 1. The minimum atomic E-state index is -1.56. The predicted octanol–water partition coefficient (Wildman–Crippen LogP) is 4.06. The first kappa shape index (κ1) is 23.1. The zero-order chi connectivity index (χ0) is 24.2. The van der Waals surface area contributed by atoms with Gasteiger partial charge in [0, 0.05) is 59.9 Å². The van der Waals surface area contributed by atoms with Crippen molar-refractivity contribution in [3.63, 3.8) is 0 Å².